The van der Waals surface area contributed by atoms with Crippen LogP contribution in [0.5, 0.6) is 0 Å². The van der Waals surface area contributed by atoms with Gasteiger partial charge in [0.25, 0.3) is 5.91 Å². The summed E-state index contributed by atoms with van der Waals surface area (Å²) < 4.78 is 4.86. The van der Waals surface area contributed by atoms with Crippen molar-refractivity contribution in [2.75, 3.05) is 13.1 Å². The van der Waals surface area contributed by atoms with Crippen LogP contribution in [0.2, 0.25) is 0 Å². The van der Waals surface area contributed by atoms with E-state index in [1.165, 1.54) is 12.5 Å². The lowest BCUT2D eigenvalue weighted by Crippen LogP contribution is -2.54. The van der Waals surface area contributed by atoms with Crippen LogP contribution in [0.4, 0.5) is 0 Å². The van der Waals surface area contributed by atoms with Gasteiger partial charge in [-0.15, -0.1) is 0 Å². The van der Waals surface area contributed by atoms with E-state index in [9.17, 15) is 9.59 Å². The minimum atomic E-state index is -0.565. The molecule has 1 aliphatic rings. The third-order valence-corrected chi connectivity index (χ3v) is 3.68. The Balaban J connectivity index is 1.95. The Labute approximate surface area is 118 Å². The normalized spacial score (nSPS) is 20.5. The largest absolute Gasteiger partial charge is 0.472 e. The molecule has 2 amide bonds. The first-order chi connectivity index (χ1) is 9.63. The van der Waals surface area contributed by atoms with Gasteiger partial charge in [0.15, 0.2) is 0 Å². The Morgan fingerprint density at radius 1 is 1.55 bits per heavy atom. The highest BCUT2D eigenvalue weighted by Crippen LogP contribution is 2.17. The van der Waals surface area contributed by atoms with Gasteiger partial charge in [0.2, 0.25) is 5.91 Å². The van der Waals surface area contributed by atoms with Gasteiger partial charge in [-0.25, -0.2) is 0 Å². The fraction of sp³-hybridized carbons (Fsp3) is 0.571. The number of piperidine rings is 1. The summed E-state index contributed by atoms with van der Waals surface area (Å²) in [6.07, 6.45) is 5.81. The fourth-order valence-electron chi connectivity index (χ4n) is 2.52. The summed E-state index contributed by atoms with van der Waals surface area (Å²) >= 11 is 0. The number of amides is 2. The van der Waals surface area contributed by atoms with Crippen LogP contribution < -0.4 is 11.1 Å². The van der Waals surface area contributed by atoms with Gasteiger partial charge in [0.1, 0.15) is 12.3 Å². The number of nitrogens with one attached hydrogen (secondary N) is 1. The maximum Gasteiger partial charge on any atom is 0.255 e. The number of hydrogen-bond acceptors (Lipinski definition) is 4. The van der Waals surface area contributed by atoms with Gasteiger partial charge in [-0.05, 0) is 32.3 Å². The van der Waals surface area contributed by atoms with Crippen molar-refractivity contribution in [3.8, 4) is 0 Å². The van der Waals surface area contributed by atoms with Crippen molar-refractivity contribution in [2.24, 2.45) is 5.73 Å². The highest BCUT2D eigenvalue weighted by Gasteiger charge is 2.29. The van der Waals surface area contributed by atoms with E-state index in [4.69, 9.17) is 10.2 Å². The monoisotopic (exact) mass is 279 g/mol. The molecular formula is C14H21N3O3. The molecule has 0 saturated carbocycles. The Hall–Kier alpha value is -1.82. The van der Waals surface area contributed by atoms with Crippen molar-refractivity contribution in [2.45, 2.75) is 38.3 Å². The number of likely N-dealkylation sites (tertiary alicyclic amines) is 1. The van der Waals surface area contributed by atoms with Crippen molar-refractivity contribution in [1.82, 2.24) is 10.2 Å². The van der Waals surface area contributed by atoms with E-state index >= 15 is 0 Å². The van der Waals surface area contributed by atoms with Gasteiger partial charge in [-0.1, -0.05) is 0 Å². The summed E-state index contributed by atoms with van der Waals surface area (Å²) in [5.74, 6) is -0.377. The van der Waals surface area contributed by atoms with Crippen molar-refractivity contribution in [3.63, 3.8) is 0 Å². The molecule has 1 aliphatic heterocycles. The van der Waals surface area contributed by atoms with E-state index in [0.717, 1.165) is 19.3 Å². The third-order valence-electron chi connectivity index (χ3n) is 3.68. The number of hydrogen-bond donors (Lipinski definition) is 2. The predicted octanol–water partition coefficient (Wildman–Crippen LogP) is 0.738. The lowest BCUT2D eigenvalue weighted by atomic mass is 10.0. The summed E-state index contributed by atoms with van der Waals surface area (Å²) in [5.41, 5.74) is 6.13. The molecule has 1 saturated heterocycles. The van der Waals surface area contributed by atoms with Crippen molar-refractivity contribution < 1.29 is 14.0 Å². The van der Waals surface area contributed by atoms with Crippen LogP contribution in [0.25, 0.3) is 0 Å². The van der Waals surface area contributed by atoms with E-state index in [1.807, 2.05) is 0 Å². The topological polar surface area (TPSA) is 88.6 Å². The van der Waals surface area contributed by atoms with Gasteiger partial charge in [-0.3, -0.25) is 9.59 Å². The van der Waals surface area contributed by atoms with Crippen LogP contribution >= 0.6 is 0 Å². The molecule has 6 heteroatoms. The zero-order chi connectivity index (χ0) is 14.5. The first-order valence-corrected chi connectivity index (χ1v) is 6.97. The Kier molecular flexibility index (Phi) is 4.79. The SMILES string of the molecule is CC(NC(=O)c1ccoc1)C(=O)N1CCCCC1CN. The summed E-state index contributed by atoms with van der Waals surface area (Å²) in [6, 6.07) is 1.09. The molecule has 1 aromatic rings. The molecule has 110 valence electrons. The molecule has 0 bridgehead atoms. The smallest absolute Gasteiger partial charge is 0.255 e. The molecule has 3 N–H and O–H groups in total. The second kappa shape index (κ2) is 6.56. The third kappa shape index (κ3) is 3.19. The summed E-state index contributed by atoms with van der Waals surface area (Å²) in [5, 5.41) is 2.69. The maximum absolute atomic E-state index is 12.4. The minimum absolute atomic E-state index is 0.0722. The lowest BCUT2D eigenvalue weighted by molar-refractivity contribution is -0.136. The lowest BCUT2D eigenvalue weighted by Gasteiger charge is -2.36. The summed E-state index contributed by atoms with van der Waals surface area (Å²) in [4.78, 5) is 26.1. The molecule has 20 heavy (non-hydrogen) atoms. The molecule has 6 nitrogen and oxygen atoms in total. The van der Waals surface area contributed by atoms with Gasteiger partial charge in [-0.2, -0.15) is 0 Å². The molecule has 0 aliphatic carbocycles. The molecule has 2 unspecified atom stereocenters. The summed E-state index contributed by atoms with van der Waals surface area (Å²) in [6.45, 7) is 2.88. The van der Waals surface area contributed by atoms with E-state index in [-0.39, 0.29) is 17.9 Å². The Bertz CT molecular complexity index is 458. The van der Waals surface area contributed by atoms with Crippen LogP contribution in [0.15, 0.2) is 23.0 Å². The number of carbonyl (C=O) groups excluding carboxylic acids is 2. The maximum atomic E-state index is 12.4. The van der Waals surface area contributed by atoms with Crippen LogP contribution in [-0.2, 0) is 4.79 Å². The number of carbonyl (C=O) groups is 2. The highest BCUT2D eigenvalue weighted by atomic mass is 16.3. The number of furan rings is 1. The number of nitrogens with two attached hydrogens (primary N) is 1. The standard InChI is InChI=1S/C14H21N3O3/c1-10(16-13(18)11-5-7-20-9-11)14(19)17-6-3-2-4-12(17)8-15/h5,7,9-10,12H,2-4,6,8,15H2,1H3,(H,16,18). The molecule has 1 aromatic heterocycles. The van der Waals surface area contributed by atoms with E-state index in [2.05, 4.69) is 5.32 Å². The van der Waals surface area contributed by atoms with Crippen LogP contribution in [0.3, 0.4) is 0 Å². The number of nitrogens with zero attached hydrogens (tertiary/aromatic N) is 1. The van der Waals surface area contributed by atoms with Crippen molar-refractivity contribution in [3.05, 3.63) is 24.2 Å². The highest BCUT2D eigenvalue weighted by molar-refractivity contribution is 5.97. The molecule has 2 rings (SSSR count). The minimum Gasteiger partial charge on any atom is -0.472 e. The average Bonchev–Trinajstić information content (AvgIpc) is 3.00. The second-order valence-electron chi connectivity index (χ2n) is 5.12. The molecule has 2 atom stereocenters. The van der Waals surface area contributed by atoms with Crippen molar-refractivity contribution >= 4 is 11.8 Å². The quantitative estimate of drug-likeness (QED) is 0.850. The van der Waals surface area contributed by atoms with Crippen LogP contribution in [0.1, 0.15) is 36.5 Å². The van der Waals surface area contributed by atoms with E-state index < -0.39 is 6.04 Å². The molecule has 0 radical (unpaired) electrons. The predicted molar refractivity (Wildman–Crippen MR) is 74.0 cm³/mol. The van der Waals surface area contributed by atoms with E-state index in [0.29, 0.717) is 18.7 Å². The first-order valence-electron chi connectivity index (χ1n) is 6.97. The van der Waals surface area contributed by atoms with Crippen LogP contribution in [0, 0.1) is 0 Å². The molecule has 2 heterocycles. The van der Waals surface area contributed by atoms with Gasteiger partial charge in [0, 0.05) is 19.1 Å². The van der Waals surface area contributed by atoms with E-state index in [1.54, 1.807) is 17.9 Å². The van der Waals surface area contributed by atoms with Gasteiger partial charge >= 0.3 is 0 Å². The average molecular weight is 279 g/mol. The Morgan fingerprint density at radius 3 is 3.00 bits per heavy atom. The second-order valence-corrected chi connectivity index (χ2v) is 5.12. The molecule has 0 aromatic carbocycles. The zero-order valence-electron chi connectivity index (χ0n) is 11.7. The molecular weight excluding hydrogens is 258 g/mol. The zero-order valence-corrected chi connectivity index (χ0v) is 11.7. The molecule has 1 fully saturated rings. The first kappa shape index (κ1) is 14.6. The van der Waals surface area contributed by atoms with Gasteiger partial charge < -0.3 is 20.4 Å². The Morgan fingerprint density at radius 2 is 2.35 bits per heavy atom. The summed E-state index contributed by atoms with van der Waals surface area (Å²) in [7, 11) is 0. The fourth-order valence-corrected chi connectivity index (χ4v) is 2.52. The van der Waals surface area contributed by atoms with Gasteiger partial charge in [0.05, 0.1) is 11.8 Å². The van der Waals surface area contributed by atoms with Crippen LogP contribution in [-0.4, -0.2) is 41.9 Å². The molecule has 0 spiro atoms. The van der Waals surface area contributed by atoms with Crippen molar-refractivity contribution in [1.29, 1.82) is 0 Å². The number of rotatable bonds is 4.